The van der Waals surface area contributed by atoms with Gasteiger partial charge in [0.25, 0.3) is 5.91 Å². The van der Waals surface area contributed by atoms with Crippen molar-refractivity contribution in [3.05, 3.63) is 57.2 Å². The lowest BCUT2D eigenvalue weighted by Crippen LogP contribution is -2.37. The van der Waals surface area contributed by atoms with Crippen LogP contribution in [0.25, 0.3) is 0 Å². The van der Waals surface area contributed by atoms with E-state index in [2.05, 4.69) is 5.32 Å². The molecular weight excluding hydrogens is 332 g/mol. The highest BCUT2D eigenvalue weighted by atomic mass is 35.5. The summed E-state index contributed by atoms with van der Waals surface area (Å²) in [7, 11) is 1.75. The van der Waals surface area contributed by atoms with E-state index in [0.29, 0.717) is 16.4 Å². The number of benzene rings is 1. The third-order valence-electron chi connectivity index (χ3n) is 3.34. The molecule has 0 aliphatic heterocycles. The number of rotatable bonds is 6. The van der Waals surface area contributed by atoms with Gasteiger partial charge < -0.3 is 10.2 Å². The Morgan fingerprint density at radius 2 is 1.91 bits per heavy atom. The van der Waals surface area contributed by atoms with E-state index in [-0.39, 0.29) is 24.3 Å². The van der Waals surface area contributed by atoms with E-state index < -0.39 is 0 Å². The van der Waals surface area contributed by atoms with Crippen LogP contribution in [0.3, 0.4) is 0 Å². The summed E-state index contributed by atoms with van der Waals surface area (Å²) in [6, 6.07) is 12.5. The Morgan fingerprint density at radius 3 is 2.52 bits per heavy atom. The van der Waals surface area contributed by atoms with Crippen LogP contribution in [0.5, 0.6) is 0 Å². The van der Waals surface area contributed by atoms with Crippen LogP contribution < -0.4 is 5.32 Å². The normalized spacial score (nSPS) is 11.8. The molecule has 1 unspecified atom stereocenters. The van der Waals surface area contributed by atoms with Crippen molar-refractivity contribution in [1.29, 1.82) is 0 Å². The first kappa shape index (κ1) is 17.5. The van der Waals surface area contributed by atoms with Gasteiger partial charge in [-0.05, 0) is 31.2 Å². The number of nitrogens with zero attached hydrogens (tertiary/aromatic N) is 1. The van der Waals surface area contributed by atoms with Gasteiger partial charge in [-0.2, -0.15) is 0 Å². The van der Waals surface area contributed by atoms with Gasteiger partial charge in [-0.15, -0.1) is 11.3 Å². The summed E-state index contributed by atoms with van der Waals surface area (Å²) in [5, 5.41) is 2.84. The lowest BCUT2D eigenvalue weighted by Gasteiger charge is -2.20. The van der Waals surface area contributed by atoms with Crippen molar-refractivity contribution in [2.24, 2.45) is 0 Å². The molecule has 0 spiro atoms. The van der Waals surface area contributed by atoms with Crippen LogP contribution in [0.1, 0.15) is 28.6 Å². The maximum absolute atomic E-state index is 12.2. The second-order valence-corrected chi connectivity index (χ2v) is 7.20. The van der Waals surface area contributed by atoms with E-state index in [1.54, 1.807) is 24.1 Å². The maximum atomic E-state index is 12.2. The van der Waals surface area contributed by atoms with Gasteiger partial charge in [0, 0.05) is 30.0 Å². The molecule has 6 heteroatoms. The second kappa shape index (κ2) is 8.13. The molecule has 1 atom stereocenters. The Labute approximate surface area is 145 Å². The summed E-state index contributed by atoms with van der Waals surface area (Å²) < 4.78 is 0.712. The number of hydrogen-bond donors (Lipinski definition) is 1. The summed E-state index contributed by atoms with van der Waals surface area (Å²) in [5.41, 5.74) is 0.591. The lowest BCUT2D eigenvalue weighted by molar-refractivity contribution is -0.130. The molecule has 2 rings (SSSR count). The average molecular weight is 351 g/mol. The molecule has 0 bridgehead atoms. The molecule has 0 saturated carbocycles. The van der Waals surface area contributed by atoms with Crippen LogP contribution in [-0.4, -0.2) is 29.8 Å². The third-order valence-corrected chi connectivity index (χ3v) is 4.56. The van der Waals surface area contributed by atoms with E-state index in [1.165, 1.54) is 11.3 Å². The fourth-order valence-electron chi connectivity index (χ4n) is 2.12. The van der Waals surface area contributed by atoms with Crippen molar-refractivity contribution >= 4 is 34.8 Å². The highest BCUT2D eigenvalue weighted by molar-refractivity contribution is 7.16. The smallest absolute Gasteiger partial charge is 0.251 e. The summed E-state index contributed by atoms with van der Waals surface area (Å²) >= 11 is 7.35. The monoisotopic (exact) mass is 350 g/mol. The van der Waals surface area contributed by atoms with E-state index >= 15 is 0 Å². The number of thiophene rings is 1. The van der Waals surface area contributed by atoms with Crippen molar-refractivity contribution < 1.29 is 9.59 Å². The summed E-state index contributed by atoms with van der Waals surface area (Å²) in [6.45, 7) is 2.35. The Morgan fingerprint density at radius 1 is 1.22 bits per heavy atom. The molecule has 0 fully saturated rings. The van der Waals surface area contributed by atoms with Crippen LogP contribution in [-0.2, 0) is 11.3 Å². The van der Waals surface area contributed by atoms with Gasteiger partial charge in [-0.25, -0.2) is 0 Å². The highest BCUT2D eigenvalue weighted by Gasteiger charge is 2.16. The van der Waals surface area contributed by atoms with Crippen LogP contribution in [0.2, 0.25) is 4.34 Å². The minimum Gasteiger partial charge on any atom is -0.349 e. The molecule has 2 aromatic rings. The summed E-state index contributed by atoms with van der Waals surface area (Å²) in [4.78, 5) is 27.0. The zero-order valence-electron chi connectivity index (χ0n) is 13.1. The van der Waals surface area contributed by atoms with Gasteiger partial charge in [0.05, 0.1) is 10.9 Å². The molecule has 122 valence electrons. The zero-order chi connectivity index (χ0) is 16.8. The molecular formula is C17H19ClN2O2S. The standard InChI is InChI=1S/C17H19ClN2O2S/c1-12(19-17(22)13-6-4-3-5-7-13)10-16(21)20(2)11-14-8-9-15(18)23-14/h3-9,12H,10-11H2,1-2H3,(H,19,22). The Balaban J connectivity index is 1.83. The largest absolute Gasteiger partial charge is 0.349 e. The molecule has 4 nitrogen and oxygen atoms in total. The number of halogens is 1. The minimum absolute atomic E-state index is 0.0182. The average Bonchev–Trinajstić information content (AvgIpc) is 2.93. The predicted octanol–water partition coefficient (Wildman–Crippen LogP) is 3.57. The van der Waals surface area contributed by atoms with Crippen LogP contribution in [0.4, 0.5) is 0 Å². The van der Waals surface area contributed by atoms with Crippen molar-refractivity contribution in [2.45, 2.75) is 25.9 Å². The third kappa shape index (κ3) is 5.37. The van der Waals surface area contributed by atoms with E-state index in [4.69, 9.17) is 11.6 Å². The molecule has 1 N–H and O–H groups in total. The van der Waals surface area contributed by atoms with Gasteiger partial charge >= 0.3 is 0 Å². The van der Waals surface area contributed by atoms with Crippen molar-refractivity contribution in [1.82, 2.24) is 10.2 Å². The molecule has 1 aromatic heterocycles. The van der Waals surface area contributed by atoms with Gasteiger partial charge in [-0.1, -0.05) is 29.8 Å². The number of amides is 2. The van der Waals surface area contributed by atoms with Crippen LogP contribution in [0.15, 0.2) is 42.5 Å². The first-order chi connectivity index (χ1) is 11.0. The first-order valence-corrected chi connectivity index (χ1v) is 8.49. The quantitative estimate of drug-likeness (QED) is 0.865. The van der Waals surface area contributed by atoms with Gasteiger partial charge in [0.1, 0.15) is 0 Å². The second-order valence-electron chi connectivity index (χ2n) is 5.40. The Kier molecular flexibility index (Phi) is 6.19. The first-order valence-electron chi connectivity index (χ1n) is 7.30. The number of carbonyl (C=O) groups is 2. The van der Waals surface area contributed by atoms with E-state index in [1.807, 2.05) is 37.3 Å². The molecule has 0 aliphatic rings. The minimum atomic E-state index is -0.232. The summed E-state index contributed by atoms with van der Waals surface area (Å²) in [6.07, 6.45) is 0.258. The van der Waals surface area contributed by atoms with E-state index in [9.17, 15) is 9.59 Å². The predicted molar refractivity (Wildman–Crippen MR) is 93.8 cm³/mol. The Hall–Kier alpha value is -1.85. The highest BCUT2D eigenvalue weighted by Crippen LogP contribution is 2.22. The van der Waals surface area contributed by atoms with E-state index in [0.717, 1.165) is 4.88 Å². The zero-order valence-corrected chi connectivity index (χ0v) is 14.7. The number of nitrogens with one attached hydrogen (secondary N) is 1. The van der Waals surface area contributed by atoms with Crippen molar-refractivity contribution in [2.75, 3.05) is 7.05 Å². The fraction of sp³-hybridized carbons (Fsp3) is 0.294. The van der Waals surface area contributed by atoms with Gasteiger partial charge in [0.2, 0.25) is 5.91 Å². The number of hydrogen-bond acceptors (Lipinski definition) is 3. The molecule has 1 aromatic carbocycles. The Bertz CT molecular complexity index is 672. The topological polar surface area (TPSA) is 49.4 Å². The lowest BCUT2D eigenvalue weighted by atomic mass is 10.1. The molecule has 0 saturated heterocycles. The number of carbonyl (C=O) groups excluding carboxylic acids is 2. The molecule has 0 aliphatic carbocycles. The maximum Gasteiger partial charge on any atom is 0.251 e. The summed E-state index contributed by atoms with van der Waals surface area (Å²) in [5.74, 6) is -0.186. The molecule has 0 radical (unpaired) electrons. The van der Waals surface area contributed by atoms with Gasteiger partial charge in [0.15, 0.2) is 0 Å². The molecule has 2 amide bonds. The van der Waals surface area contributed by atoms with Crippen molar-refractivity contribution in [3.8, 4) is 0 Å². The SMILES string of the molecule is CC(CC(=O)N(C)Cc1ccc(Cl)s1)NC(=O)c1ccccc1. The van der Waals surface area contributed by atoms with Crippen molar-refractivity contribution in [3.63, 3.8) is 0 Å². The van der Waals surface area contributed by atoms with Gasteiger partial charge in [-0.3, -0.25) is 9.59 Å². The molecule has 1 heterocycles. The van der Waals surface area contributed by atoms with Crippen LogP contribution in [0, 0.1) is 0 Å². The molecule has 23 heavy (non-hydrogen) atoms. The van der Waals surface area contributed by atoms with Crippen LogP contribution >= 0.6 is 22.9 Å². The fourth-order valence-corrected chi connectivity index (χ4v) is 3.27.